The molecule has 0 radical (unpaired) electrons. The molecule has 2 nitrogen and oxygen atoms in total. The van der Waals surface area contributed by atoms with Gasteiger partial charge >= 0.3 is 0 Å². The summed E-state index contributed by atoms with van der Waals surface area (Å²) in [4.78, 5) is 0. The number of aryl methyl sites for hydroxylation is 1. The van der Waals surface area contributed by atoms with Gasteiger partial charge in [0.15, 0.2) is 0 Å². The second kappa shape index (κ2) is 3.06. The highest BCUT2D eigenvalue weighted by molar-refractivity contribution is 5.39. The molecular formula is C13H16O2. The quantitative estimate of drug-likeness (QED) is 0.646. The van der Waals surface area contributed by atoms with Gasteiger partial charge in [-0.15, -0.1) is 0 Å². The third-order valence-electron chi connectivity index (χ3n) is 3.56. The van der Waals surface area contributed by atoms with Crippen LogP contribution in [0.3, 0.4) is 0 Å². The lowest BCUT2D eigenvalue weighted by Gasteiger charge is -2.35. The molecule has 0 saturated carbocycles. The summed E-state index contributed by atoms with van der Waals surface area (Å²) in [7, 11) is 0. The highest BCUT2D eigenvalue weighted by Gasteiger charge is 2.45. The molecule has 80 valence electrons. The van der Waals surface area contributed by atoms with Crippen LogP contribution in [0.4, 0.5) is 0 Å². The van der Waals surface area contributed by atoms with Crippen molar-refractivity contribution < 1.29 is 9.47 Å². The maximum absolute atomic E-state index is 5.76. The molecule has 1 aliphatic carbocycles. The van der Waals surface area contributed by atoms with Crippen LogP contribution < -0.4 is 0 Å². The highest BCUT2D eigenvalue weighted by Crippen LogP contribution is 2.49. The number of ether oxygens (including phenoxy) is 2. The molecule has 0 bridgehead atoms. The van der Waals surface area contributed by atoms with Crippen LogP contribution in [-0.4, -0.2) is 13.4 Å². The molecule has 0 amide bonds. The molecule has 1 aromatic carbocycles. The van der Waals surface area contributed by atoms with Gasteiger partial charge in [0.25, 0.3) is 0 Å². The monoisotopic (exact) mass is 204 g/mol. The molecule has 0 spiro atoms. The Bertz CT molecular complexity index is 400. The number of benzene rings is 1. The van der Waals surface area contributed by atoms with E-state index in [4.69, 9.17) is 9.47 Å². The van der Waals surface area contributed by atoms with Gasteiger partial charge in [0.2, 0.25) is 0 Å². The fourth-order valence-corrected chi connectivity index (χ4v) is 2.83. The van der Waals surface area contributed by atoms with E-state index in [1.165, 1.54) is 16.7 Å². The second-order valence-corrected chi connectivity index (χ2v) is 5.05. The lowest BCUT2D eigenvalue weighted by molar-refractivity contribution is -0.200. The number of fused-ring (bicyclic) bond motifs is 3. The third-order valence-corrected chi connectivity index (χ3v) is 3.56. The highest BCUT2D eigenvalue weighted by atomic mass is 16.7. The summed E-state index contributed by atoms with van der Waals surface area (Å²) in [5.41, 5.74) is 4.27. The molecule has 2 aliphatic rings. The SMILES string of the molecule is Cc1ccc2c(c1)[C@H]1OCOC[C@@]1(C)C2. The first-order valence-electron chi connectivity index (χ1n) is 5.48. The van der Waals surface area contributed by atoms with E-state index in [1.807, 2.05) is 0 Å². The van der Waals surface area contributed by atoms with Crippen molar-refractivity contribution in [2.24, 2.45) is 5.41 Å². The molecular weight excluding hydrogens is 188 g/mol. The van der Waals surface area contributed by atoms with E-state index < -0.39 is 0 Å². The van der Waals surface area contributed by atoms with E-state index in [-0.39, 0.29) is 11.5 Å². The van der Waals surface area contributed by atoms with Crippen LogP contribution in [0.1, 0.15) is 29.7 Å². The molecule has 0 N–H and O–H groups in total. The van der Waals surface area contributed by atoms with E-state index >= 15 is 0 Å². The molecule has 0 unspecified atom stereocenters. The summed E-state index contributed by atoms with van der Waals surface area (Å²) >= 11 is 0. The molecule has 3 rings (SSSR count). The van der Waals surface area contributed by atoms with Gasteiger partial charge in [-0.2, -0.15) is 0 Å². The summed E-state index contributed by atoms with van der Waals surface area (Å²) in [5, 5.41) is 0. The Labute approximate surface area is 90.2 Å². The van der Waals surface area contributed by atoms with Crippen molar-refractivity contribution in [3.8, 4) is 0 Å². The number of hydrogen-bond acceptors (Lipinski definition) is 2. The molecule has 2 atom stereocenters. The Hall–Kier alpha value is -0.860. The van der Waals surface area contributed by atoms with Crippen molar-refractivity contribution in [2.45, 2.75) is 26.4 Å². The van der Waals surface area contributed by atoms with Gasteiger partial charge in [-0.1, -0.05) is 30.7 Å². The second-order valence-electron chi connectivity index (χ2n) is 5.05. The van der Waals surface area contributed by atoms with E-state index in [0.717, 1.165) is 13.0 Å². The molecule has 15 heavy (non-hydrogen) atoms. The Balaban J connectivity index is 2.08. The molecule has 2 heteroatoms. The lowest BCUT2D eigenvalue weighted by Crippen LogP contribution is -2.35. The van der Waals surface area contributed by atoms with Crippen molar-refractivity contribution in [3.05, 3.63) is 34.9 Å². The van der Waals surface area contributed by atoms with Gasteiger partial charge in [0, 0.05) is 5.41 Å². The molecule has 1 aliphatic heterocycles. The van der Waals surface area contributed by atoms with Gasteiger partial charge < -0.3 is 9.47 Å². The minimum Gasteiger partial charge on any atom is -0.355 e. The van der Waals surface area contributed by atoms with E-state index in [0.29, 0.717) is 6.79 Å². The number of hydrogen-bond donors (Lipinski definition) is 0. The van der Waals surface area contributed by atoms with E-state index in [1.54, 1.807) is 0 Å². The van der Waals surface area contributed by atoms with Gasteiger partial charge in [0.05, 0.1) is 12.7 Å². The van der Waals surface area contributed by atoms with Crippen molar-refractivity contribution in [3.63, 3.8) is 0 Å². The lowest BCUT2D eigenvalue weighted by atomic mass is 9.85. The standard InChI is InChI=1S/C13H16O2/c1-9-3-4-10-6-13(2)7-14-8-15-12(13)11(10)5-9/h3-5,12H,6-8H2,1-2H3/t12-,13-/m1/s1. The predicted molar refractivity (Wildman–Crippen MR) is 57.6 cm³/mol. The Morgan fingerprint density at radius 2 is 2.27 bits per heavy atom. The molecule has 0 aromatic heterocycles. The Morgan fingerprint density at radius 1 is 1.40 bits per heavy atom. The summed E-state index contributed by atoms with van der Waals surface area (Å²) in [6.07, 6.45) is 1.31. The average molecular weight is 204 g/mol. The van der Waals surface area contributed by atoms with Crippen LogP contribution in [0, 0.1) is 12.3 Å². The first-order chi connectivity index (χ1) is 7.19. The molecule has 1 saturated heterocycles. The zero-order chi connectivity index (χ0) is 10.5. The molecule has 1 aromatic rings. The Morgan fingerprint density at radius 3 is 3.13 bits per heavy atom. The van der Waals surface area contributed by atoms with Crippen LogP contribution in [0.2, 0.25) is 0 Å². The first kappa shape index (κ1) is 9.37. The minimum atomic E-state index is 0.147. The maximum atomic E-state index is 5.76. The zero-order valence-corrected chi connectivity index (χ0v) is 9.25. The van der Waals surface area contributed by atoms with E-state index in [2.05, 4.69) is 32.0 Å². The topological polar surface area (TPSA) is 18.5 Å². The van der Waals surface area contributed by atoms with Crippen molar-refractivity contribution in [1.82, 2.24) is 0 Å². The van der Waals surface area contributed by atoms with Crippen LogP contribution in [-0.2, 0) is 15.9 Å². The third kappa shape index (κ3) is 1.32. The van der Waals surface area contributed by atoms with E-state index in [9.17, 15) is 0 Å². The van der Waals surface area contributed by atoms with Gasteiger partial charge in [-0.05, 0) is 24.5 Å². The van der Waals surface area contributed by atoms with Gasteiger partial charge in [-0.3, -0.25) is 0 Å². The van der Waals surface area contributed by atoms with Crippen LogP contribution in [0.5, 0.6) is 0 Å². The summed E-state index contributed by atoms with van der Waals surface area (Å²) < 4.78 is 11.2. The maximum Gasteiger partial charge on any atom is 0.147 e. The van der Waals surface area contributed by atoms with Gasteiger partial charge in [0.1, 0.15) is 6.79 Å². The fraction of sp³-hybridized carbons (Fsp3) is 0.538. The normalized spacial score (nSPS) is 33.6. The Kier molecular flexibility index (Phi) is 1.91. The summed E-state index contributed by atoms with van der Waals surface area (Å²) in [6, 6.07) is 6.68. The minimum absolute atomic E-state index is 0.147. The molecule has 1 heterocycles. The molecule has 1 fully saturated rings. The first-order valence-corrected chi connectivity index (χ1v) is 5.48. The largest absolute Gasteiger partial charge is 0.355 e. The average Bonchev–Trinajstić information content (AvgIpc) is 2.50. The number of rotatable bonds is 0. The van der Waals surface area contributed by atoms with Crippen LogP contribution in [0.25, 0.3) is 0 Å². The zero-order valence-electron chi connectivity index (χ0n) is 9.25. The van der Waals surface area contributed by atoms with Crippen LogP contribution in [0.15, 0.2) is 18.2 Å². The smallest absolute Gasteiger partial charge is 0.147 e. The van der Waals surface area contributed by atoms with Crippen molar-refractivity contribution >= 4 is 0 Å². The summed E-state index contributed by atoms with van der Waals surface area (Å²) in [5.74, 6) is 0. The summed E-state index contributed by atoms with van der Waals surface area (Å²) in [6.45, 7) is 5.64. The fourth-order valence-electron chi connectivity index (χ4n) is 2.83. The van der Waals surface area contributed by atoms with Crippen molar-refractivity contribution in [2.75, 3.05) is 13.4 Å². The van der Waals surface area contributed by atoms with Gasteiger partial charge in [-0.25, -0.2) is 0 Å². The predicted octanol–water partition coefficient (Wildman–Crippen LogP) is 2.60. The van der Waals surface area contributed by atoms with Crippen LogP contribution >= 0.6 is 0 Å². The van der Waals surface area contributed by atoms with Crippen molar-refractivity contribution in [1.29, 1.82) is 0 Å².